The van der Waals surface area contributed by atoms with Crippen LogP contribution in [0.4, 0.5) is 0 Å². The molecule has 1 saturated heterocycles. The van der Waals surface area contributed by atoms with Crippen molar-refractivity contribution >= 4 is 35.8 Å². The van der Waals surface area contributed by atoms with Crippen molar-refractivity contribution < 1.29 is 57.2 Å². The quantitative estimate of drug-likeness (QED) is 0.0940. The first-order valence-electron chi connectivity index (χ1n) is 12.2. The van der Waals surface area contributed by atoms with Gasteiger partial charge >= 0.3 is 35.8 Å². The third-order valence-electron chi connectivity index (χ3n) is 4.38. The number of nitrogens with one attached hydrogen (secondary N) is 3. The molecule has 0 amide bonds. The maximum absolute atomic E-state index is 12.8. The molecule has 1 aliphatic rings. The number of ether oxygens (including phenoxy) is 6. The van der Waals surface area contributed by atoms with Crippen LogP contribution in [0.3, 0.4) is 0 Å². The van der Waals surface area contributed by atoms with Crippen molar-refractivity contribution in [2.24, 2.45) is 0 Å². The Balaban J connectivity index is 4.16. The normalized spacial score (nSPS) is 12.0. The Hall–Kier alpha value is -4.56. The third-order valence-corrected chi connectivity index (χ3v) is 4.38. The highest BCUT2D eigenvalue weighted by atomic mass is 16.6. The minimum absolute atomic E-state index is 0.132. The van der Waals surface area contributed by atoms with E-state index in [2.05, 4.69) is 16.0 Å². The molecule has 0 aromatic heterocycles. The smallest absolute Gasteiger partial charge is 0.349 e. The van der Waals surface area contributed by atoms with Crippen LogP contribution in [-0.2, 0) is 57.2 Å². The van der Waals surface area contributed by atoms with Gasteiger partial charge in [-0.05, 0) is 41.5 Å². The van der Waals surface area contributed by atoms with E-state index in [4.69, 9.17) is 28.4 Å². The first kappa shape index (κ1) is 32.5. The number of carbonyl (C=O) groups is 6. The molecule has 0 aromatic rings. The van der Waals surface area contributed by atoms with Crippen LogP contribution in [0.25, 0.3) is 0 Å². The first-order chi connectivity index (χ1) is 18.6. The second-order valence-electron chi connectivity index (χ2n) is 6.95. The number of esters is 6. The largest absolute Gasteiger partial charge is 0.462 e. The summed E-state index contributed by atoms with van der Waals surface area (Å²) in [6.07, 6.45) is 0. The van der Waals surface area contributed by atoms with Crippen LogP contribution in [0.5, 0.6) is 0 Å². The number of hydrogen-bond acceptors (Lipinski definition) is 15. The van der Waals surface area contributed by atoms with E-state index in [1.165, 1.54) is 41.5 Å². The summed E-state index contributed by atoms with van der Waals surface area (Å²) >= 11 is 0. The molecular weight excluding hydrogens is 522 g/mol. The average molecular weight is 556 g/mol. The van der Waals surface area contributed by atoms with Gasteiger partial charge in [-0.25, -0.2) is 28.8 Å². The summed E-state index contributed by atoms with van der Waals surface area (Å²) in [4.78, 5) is 76.7. The Kier molecular flexibility index (Phi) is 13.6. The fourth-order valence-electron chi connectivity index (χ4n) is 2.93. The molecule has 0 radical (unpaired) electrons. The number of hydrogen-bond donors (Lipinski definition) is 3. The molecule has 0 aliphatic carbocycles. The summed E-state index contributed by atoms with van der Waals surface area (Å²) < 4.78 is 29.8. The molecular formula is C24H33N3O12. The van der Waals surface area contributed by atoms with Crippen LogP contribution in [-0.4, -0.2) is 75.5 Å². The molecule has 3 N–H and O–H groups in total. The fraction of sp³-hybridized carbons (Fsp3) is 0.500. The molecule has 0 unspecified atom stereocenters. The summed E-state index contributed by atoms with van der Waals surface area (Å²) in [7, 11) is 0. The van der Waals surface area contributed by atoms with Gasteiger partial charge < -0.3 is 44.4 Å². The topological polar surface area (TPSA) is 194 Å². The van der Waals surface area contributed by atoms with Gasteiger partial charge in [-0.1, -0.05) is 0 Å². The predicted molar refractivity (Wildman–Crippen MR) is 130 cm³/mol. The van der Waals surface area contributed by atoms with Crippen molar-refractivity contribution in [3.05, 3.63) is 34.2 Å². The first-order valence-corrected chi connectivity index (χ1v) is 12.2. The van der Waals surface area contributed by atoms with Gasteiger partial charge in [0.05, 0.1) is 39.6 Å². The van der Waals surface area contributed by atoms with Gasteiger partial charge in [0.2, 0.25) is 0 Å². The Bertz CT molecular complexity index is 869. The monoisotopic (exact) mass is 555 g/mol. The zero-order valence-electron chi connectivity index (χ0n) is 22.6. The lowest BCUT2D eigenvalue weighted by Gasteiger charge is -2.29. The molecule has 0 bridgehead atoms. The number of rotatable bonds is 12. The van der Waals surface area contributed by atoms with Gasteiger partial charge in [0, 0.05) is 0 Å². The van der Waals surface area contributed by atoms with Crippen molar-refractivity contribution in [3.63, 3.8) is 0 Å². The maximum Gasteiger partial charge on any atom is 0.349 e. The van der Waals surface area contributed by atoms with E-state index < -0.39 is 70.0 Å². The van der Waals surface area contributed by atoms with E-state index in [1.54, 1.807) is 0 Å². The zero-order chi connectivity index (χ0) is 29.5. The summed E-state index contributed by atoms with van der Waals surface area (Å²) in [6.45, 7) is 8.15. The van der Waals surface area contributed by atoms with Crippen LogP contribution in [0.2, 0.25) is 0 Å². The van der Waals surface area contributed by atoms with Gasteiger partial charge in [-0.2, -0.15) is 0 Å². The molecule has 0 aromatic carbocycles. The van der Waals surface area contributed by atoms with Crippen LogP contribution in [0.15, 0.2) is 34.2 Å². The highest BCUT2D eigenvalue weighted by Gasteiger charge is 2.37. The van der Waals surface area contributed by atoms with Crippen molar-refractivity contribution in [1.29, 1.82) is 0 Å². The van der Waals surface area contributed by atoms with Crippen LogP contribution in [0, 0.1) is 0 Å². The molecule has 1 rings (SSSR count). The van der Waals surface area contributed by atoms with Gasteiger partial charge in [0.25, 0.3) is 0 Å². The van der Waals surface area contributed by atoms with Crippen LogP contribution >= 0.6 is 0 Å². The molecule has 0 spiro atoms. The number of carbonyl (C=O) groups excluding carboxylic acids is 6. The van der Waals surface area contributed by atoms with Gasteiger partial charge in [0.1, 0.15) is 17.5 Å². The second-order valence-corrected chi connectivity index (χ2v) is 6.95. The second kappa shape index (κ2) is 16.3. The predicted octanol–water partition coefficient (Wildman–Crippen LogP) is -0.218. The minimum Gasteiger partial charge on any atom is -0.462 e. The van der Waals surface area contributed by atoms with E-state index in [-0.39, 0.29) is 39.6 Å². The molecule has 0 atom stereocenters. The van der Waals surface area contributed by atoms with E-state index in [9.17, 15) is 28.8 Å². The molecule has 1 aliphatic heterocycles. The minimum atomic E-state index is -1.16. The maximum atomic E-state index is 12.8. The standard InChI is InChI=1S/C24H33N3O12/c1-7-34-19(28)13(20(29)35-8-2)16-25-17(14(21(30)36-9-3)22(31)37-10-4)27-18(26-16)15(23(32)38-11-5)24(33)39-12-6/h25-27H,7-12H2,1-6H3. The van der Waals surface area contributed by atoms with E-state index >= 15 is 0 Å². The van der Waals surface area contributed by atoms with E-state index in [0.29, 0.717) is 0 Å². The highest BCUT2D eigenvalue weighted by molar-refractivity contribution is 6.17. The molecule has 216 valence electrons. The lowest BCUT2D eigenvalue weighted by Crippen LogP contribution is -2.49. The van der Waals surface area contributed by atoms with Gasteiger partial charge in [0.15, 0.2) is 16.7 Å². The Labute approximate surface area is 224 Å². The average Bonchev–Trinajstić information content (AvgIpc) is 2.85. The fourth-order valence-corrected chi connectivity index (χ4v) is 2.93. The molecule has 0 saturated carbocycles. The van der Waals surface area contributed by atoms with E-state index in [0.717, 1.165) is 0 Å². The SMILES string of the molecule is CCOC(=O)C(C(=O)OCC)=C1NC(=C(C(=O)OCC)C(=O)OCC)NC(=C(C(=O)OCC)C(=O)OCC)N1. The molecule has 15 heteroatoms. The Morgan fingerprint density at radius 3 is 0.667 bits per heavy atom. The molecule has 15 nitrogen and oxygen atoms in total. The van der Waals surface area contributed by atoms with E-state index in [1.807, 2.05) is 0 Å². The highest BCUT2D eigenvalue weighted by Crippen LogP contribution is 2.19. The summed E-state index contributed by atoms with van der Waals surface area (Å²) in [5, 5.41) is 7.60. The Morgan fingerprint density at radius 1 is 0.385 bits per heavy atom. The van der Waals surface area contributed by atoms with Gasteiger partial charge in [-0.15, -0.1) is 0 Å². The summed E-state index contributed by atoms with van der Waals surface area (Å²) in [6, 6.07) is 0. The third kappa shape index (κ3) is 8.76. The van der Waals surface area contributed by atoms with Crippen molar-refractivity contribution in [2.75, 3.05) is 39.6 Å². The van der Waals surface area contributed by atoms with Crippen molar-refractivity contribution in [1.82, 2.24) is 16.0 Å². The Morgan fingerprint density at radius 2 is 0.538 bits per heavy atom. The van der Waals surface area contributed by atoms with Crippen LogP contribution in [0.1, 0.15) is 41.5 Å². The summed E-state index contributed by atoms with van der Waals surface area (Å²) in [5.41, 5.74) is -2.22. The van der Waals surface area contributed by atoms with Gasteiger partial charge in [-0.3, -0.25) is 0 Å². The molecule has 39 heavy (non-hydrogen) atoms. The van der Waals surface area contributed by atoms with Crippen molar-refractivity contribution in [3.8, 4) is 0 Å². The lowest BCUT2D eigenvalue weighted by molar-refractivity contribution is -0.148. The zero-order valence-corrected chi connectivity index (χ0v) is 22.6. The van der Waals surface area contributed by atoms with Crippen LogP contribution < -0.4 is 16.0 Å². The lowest BCUT2D eigenvalue weighted by atomic mass is 10.1. The summed E-state index contributed by atoms with van der Waals surface area (Å²) in [5.74, 6) is -8.47. The van der Waals surface area contributed by atoms with Crippen molar-refractivity contribution in [2.45, 2.75) is 41.5 Å². The molecule has 1 heterocycles. The molecule has 1 fully saturated rings.